The van der Waals surface area contributed by atoms with E-state index in [2.05, 4.69) is 9.88 Å². The number of nitrogens with zero attached hydrogens (tertiary/aromatic N) is 3. The molecule has 2 aromatic heterocycles. The summed E-state index contributed by atoms with van der Waals surface area (Å²) in [5, 5.41) is 9.67. The van der Waals surface area contributed by atoms with Gasteiger partial charge in [0.15, 0.2) is 0 Å². The average molecular weight is 291 g/mol. The molecule has 1 aliphatic heterocycles. The number of pyridine rings is 2. The van der Waals surface area contributed by atoms with Gasteiger partial charge in [0.05, 0.1) is 23.3 Å². The maximum atomic E-state index is 13.4. The Kier molecular flexibility index (Phi) is 3.98. The summed E-state index contributed by atoms with van der Waals surface area (Å²) in [5.41, 5.74) is 0.960. The van der Waals surface area contributed by atoms with E-state index in [1.54, 1.807) is 10.6 Å². The Balaban J connectivity index is 1.84. The standard InChI is InChI=1S/C15H18FN3O2/c16-11-8-14-13(17-9-11)3-4-15(21)19(14)7-6-18-5-1-2-12(20)10-18/h3-4,8-9,12,20H,1-2,5-7,10H2/t12-/m0/s1. The van der Waals surface area contributed by atoms with Crippen LogP contribution in [0.3, 0.4) is 0 Å². The molecule has 2 aromatic rings. The van der Waals surface area contributed by atoms with Gasteiger partial charge in [0, 0.05) is 31.8 Å². The predicted octanol–water partition coefficient (Wildman–Crippen LogP) is 0.992. The number of hydrogen-bond acceptors (Lipinski definition) is 4. The first-order chi connectivity index (χ1) is 10.1. The highest BCUT2D eigenvalue weighted by Crippen LogP contribution is 2.12. The van der Waals surface area contributed by atoms with Crippen molar-refractivity contribution in [2.24, 2.45) is 0 Å². The zero-order valence-electron chi connectivity index (χ0n) is 11.7. The van der Waals surface area contributed by atoms with Crippen molar-refractivity contribution in [1.82, 2.24) is 14.5 Å². The Morgan fingerprint density at radius 2 is 2.24 bits per heavy atom. The van der Waals surface area contributed by atoms with Crippen molar-refractivity contribution in [3.8, 4) is 0 Å². The number of β-amino-alcohol motifs (C(OH)–C–C–N with tert-alkyl or cyclic N) is 1. The number of halogens is 1. The Labute approximate surface area is 121 Å². The van der Waals surface area contributed by atoms with E-state index in [9.17, 15) is 14.3 Å². The predicted molar refractivity (Wildman–Crippen MR) is 77.6 cm³/mol. The van der Waals surface area contributed by atoms with Crippen LogP contribution in [0.1, 0.15) is 12.8 Å². The number of fused-ring (bicyclic) bond motifs is 1. The zero-order chi connectivity index (χ0) is 14.8. The summed E-state index contributed by atoms with van der Waals surface area (Å²) in [5.74, 6) is -0.449. The van der Waals surface area contributed by atoms with Crippen LogP contribution in [0.15, 0.2) is 29.2 Å². The number of aliphatic hydroxyl groups is 1. The van der Waals surface area contributed by atoms with Crippen LogP contribution in [0.2, 0.25) is 0 Å². The van der Waals surface area contributed by atoms with E-state index in [0.717, 1.165) is 25.6 Å². The average Bonchev–Trinajstić information content (AvgIpc) is 2.46. The summed E-state index contributed by atoms with van der Waals surface area (Å²) in [6.45, 7) is 2.68. The zero-order valence-corrected chi connectivity index (χ0v) is 11.7. The van der Waals surface area contributed by atoms with Crippen molar-refractivity contribution >= 4 is 11.0 Å². The second-order valence-electron chi connectivity index (χ2n) is 5.48. The third kappa shape index (κ3) is 3.11. The van der Waals surface area contributed by atoms with Gasteiger partial charge in [0.2, 0.25) is 0 Å². The summed E-state index contributed by atoms with van der Waals surface area (Å²) >= 11 is 0. The first-order valence-electron chi connectivity index (χ1n) is 7.19. The molecule has 0 unspecified atom stereocenters. The molecule has 1 saturated heterocycles. The van der Waals surface area contributed by atoms with Gasteiger partial charge in [-0.2, -0.15) is 0 Å². The second-order valence-corrected chi connectivity index (χ2v) is 5.48. The first kappa shape index (κ1) is 14.2. The van der Waals surface area contributed by atoms with Gasteiger partial charge in [-0.05, 0) is 25.5 Å². The van der Waals surface area contributed by atoms with E-state index in [1.807, 2.05) is 0 Å². The lowest BCUT2D eigenvalue weighted by molar-refractivity contribution is 0.0690. The number of piperidine rings is 1. The van der Waals surface area contributed by atoms with Crippen molar-refractivity contribution < 1.29 is 9.50 Å². The van der Waals surface area contributed by atoms with Crippen molar-refractivity contribution in [3.63, 3.8) is 0 Å². The molecule has 0 radical (unpaired) electrons. The molecule has 3 rings (SSSR count). The lowest BCUT2D eigenvalue weighted by Crippen LogP contribution is -2.40. The molecular weight excluding hydrogens is 273 g/mol. The molecule has 3 heterocycles. The lowest BCUT2D eigenvalue weighted by Gasteiger charge is -2.30. The van der Waals surface area contributed by atoms with Crippen LogP contribution < -0.4 is 5.56 Å². The van der Waals surface area contributed by atoms with E-state index in [-0.39, 0.29) is 11.7 Å². The maximum absolute atomic E-state index is 13.4. The second kappa shape index (κ2) is 5.91. The minimum absolute atomic E-state index is 0.160. The maximum Gasteiger partial charge on any atom is 0.251 e. The van der Waals surface area contributed by atoms with Crippen LogP contribution >= 0.6 is 0 Å². The third-order valence-corrected chi connectivity index (χ3v) is 3.93. The molecule has 1 N–H and O–H groups in total. The molecule has 1 fully saturated rings. The normalized spacial score (nSPS) is 20.0. The fourth-order valence-corrected chi connectivity index (χ4v) is 2.85. The van der Waals surface area contributed by atoms with Crippen LogP contribution in [-0.4, -0.2) is 45.3 Å². The minimum atomic E-state index is -0.449. The number of hydrogen-bond donors (Lipinski definition) is 1. The summed E-state index contributed by atoms with van der Waals surface area (Å²) < 4.78 is 14.9. The molecule has 0 saturated carbocycles. The summed E-state index contributed by atoms with van der Waals surface area (Å²) in [4.78, 5) is 18.2. The Morgan fingerprint density at radius 1 is 1.38 bits per heavy atom. The highest BCUT2D eigenvalue weighted by Gasteiger charge is 2.17. The summed E-state index contributed by atoms with van der Waals surface area (Å²) in [6, 6.07) is 4.41. The molecule has 112 valence electrons. The smallest absolute Gasteiger partial charge is 0.251 e. The van der Waals surface area contributed by atoms with Gasteiger partial charge >= 0.3 is 0 Å². The van der Waals surface area contributed by atoms with E-state index >= 15 is 0 Å². The number of aromatic nitrogens is 2. The summed E-state index contributed by atoms with van der Waals surface area (Å²) in [6.07, 6.45) is 2.65. The summed E-state index contributed by atoms with van der Waals surface area (Å²) in [7, 11) is 0. The highest BCUT2D eigenvalue weighted by atomic mass is 19.1. The molecule has 0 amide bonds. The van der Waals surface area contributed by atoms with Gasteiger partial charge in [0.25, 0.3) is 5.56 Å². The van der Waals surface area contributed by atoms with Crippen molar-refractivity contribution in [2.45, 2.75) is 25.5 Å². The first-order valence-corrected chi connectivity index (χ1v) is 7.19. The number of aliphatic hydroxyl groups excluding tert-OH is 1. The van der Waals surface area contributed by atoms with Crippen LogP contribution in [0.4, 0.5) is 4.39 Å². The fourth-order valence-electron chi connectivity index (χ4n) is 2.85. The molecule has 21 heavy (non-hydrogen) atoms. The van der Waals surface area contributed by atoms with Crippen molar-refractivity contribution in [3.05, 3.63) is 40.6 Å². The van der Waals surface area contributed by atoms with E-state index in [0.29, 0.717) is 30.7 Å². The van der Waals surface area contributed by atoms with E-state index < -0.39 is 5.82 Å². The van der Waals surface area contributed by atoms with E-state index in [1.165, 1.54) is 12.1 Å². The topological polar surface area (TPSA) is 58.4 Å². The number of likely N-dealkylation sites (tertiary alicyclic amines) is 1. The van der Waals surface area contributed by atoms with Crippen LogP contribution in [0.5, 0.6) is 0 Å². The van der Waals surface area contributed by atoms with E-state index in [4.69, 9.17) is 0 Å². The van der Waals surface area contributed by atoms with Gasteiger partial charge in [-0.1, -0.05) is 0 Å². The van der Waals surface area contributed by atoms with Crippen LogP contribution in [-0.2, 0) is 6.54 Å². The van der Waals surface area contributed by atoms with Gasteiger partial charge in [-0.25, -0.2) is 4.39 Å². The Bertz CT molecular complexity index is 701. The third-order valence-electron chi connectivity index (χ3n) is 3.93. The minimum Gasteiger partial charge on any atom is -0.392 e. The monoisotopic (exact) mass is 291 g/mol. The van der Waals surface area contributed by atoms with Crippen molar-refractivity contribution in [2.75, 3.05) is 19.6 Å². The quantitative estimate of drug-likeness (QED) is 0.916. The highest BCUT2D eigenvalue weighted by molar-refractivity contribution is 5.74. The Hall–Kier alpha value is -1.79. The number of rotatable bonds is 3. The molecule has 0 spiro atoms. The molecule has 1 atom stereocenters. The molecule has 0 aromatic carbocycles. The molecule has 0 bridgehead atoms. The van der Waals surface area contributed by atoms with Gasteiger partial charge in [-0.15, -0.1) is 0 Å². The SMILES string of the molecule is O=c1ccc2ncc(F)cc2n1CCN1CCC[C@H](O)C1. The van der Waals surface area contributed by atoms with Crippen molar-refractivity contribution in [1.29, 1.82) is 0 Å². The molecule has 5 nitrogen and oxygen atoms in total. The fraction of sp³-hybridized carbons (Fsp3) is 0.467. The largest absolute Gasteiger partial charge is 0.392 e. The molecular formula is C15H18FN3O2. The molecule has 6 heteroatoms. The van der Waals surface area contributed by atoms with Crippen LogP contribution in [0.25, 0.3) is 11.0 Å². The van der Waals surface area contributed by atoms with Gasteiger partial charge < -0.3 is 9.67 Å². The lowest BCUT2D eigenvalue weighted by atomic mass is 10.1. The Morgan fingerprint density at radius 3 is 3.05 bits per heavy atom. The van der Waals surface area contributed by atoms with Gasteiger partial charge in [-0.3, -0.25) is 14.7 Å². The van der Waals surface area contributed by atoms with Crippen LogP contribution in [0, 0.1) is 5.82 Å². The molecule has 0 aliphatic carbocycles. The van der Waals surface area contributed by atoms with Gasteiger partial charge in [0.1, 0.15) is 5.82 Å². The molecule has 1 aliphatic rings.